The van der Waals surface area contributed by atoms with Gasteiger partial charge in [0.25, 0.3) is 5.56 Å². The summed E-state index contributed by atoms with van der Waals surface area (Å²) in [6.07, 6.45) is -1.62. The summed E-state index contributed by atoms with van der Waals surface area (Å²) in [6, 6.07) is 0. The number of phosphoric acid groups is 1. The van der Waals surface area contributed by atoms with Crippen LogP contribution in [0.25, 0.3) is 0 Å². The molecule has 0 radical (unpaired) electrons. The molecular formula is C12H21N2O8P. The molecule has 0 fully saturated rings. The van der Waals surface area contributed by atoms with Gasteiger partial charge >= 0.3 is 13.5 Å². The van der Waals surface area contributed by atoms with Crippen LogP contribution in [0.3, 0.4) is 0 Å². The van der Waals surface area contributed by atoms with E-state index >= 15 is 0 Å². The Kier molecular flexibility index (Phi) is 7.33. The smallest absolute Gasteiger partial charge is 0.394 e. The average molecular weight is 352 g/mol. The first kappa shape index (κ1) is 19.8. The van der Waals surface area contributed by atoms with Gasteiger partial charge in [0, 0.05) is 25.3 Å². The van der Waals surface area contributed by atoms with E-state index in [1.807, 2.05) is 4.98 Å². The standard InChI is InChI=1S/C12H21N2O8P/c1-4-21-23(19,20-3)22-9(7-15)5-10(16)14-6-8(2)11(17)13-12(14)18/h6,9-10,15-16H,4-5,7H2,1-3H3,(H,13,17,18). The summed E-state index contributed by atoms with van der Waals surface area (Å²) in [6.45, 7) is 2.52. The van der Waals surface area contributed by atoms with Gasteiger partial charge in [0.15, 0.2) is 0 Å². The summed E-state index contributed by atoms with van der Waals surface area (Å²) >= 11 is 0. The van der Waals surface area contributed by atoms with Gasteiger partial charge in [-0.1, -0.05) is 0 Å². The molecule has 1 rings (SSSR count). The first-order valence-corrected chi connectivity index (χ1v) is 8.32. The summed E-state index contributed by atoms with van der Waals surface area (Å²) in [5.41, 5.74) is -1.15. The Morgan fingerprint density at radius 3 is 2.61 bits per heavy atom. The van der Waals surface area contributed by atoms with Crippen LogP contribution in [0.2, 0.25) is 0 Å². The molecule has 0 bridgehead atoms. The lowest BCUT2D eigenvalue weighted by Gasteiger charge is -2.23. The number of phosphoric ester groups is 1. The first-order chi connectivity index (χ1) is 10.8. The Labute approximate surface area is 132 Å². The Morgan fingerprint density at radius 2 is 2.09 bits per heavy atom. The topological polar surface area (TPSA) is 140 Å². The number of aromatic amines is 1. The van der Waals surface area contributed by atoms with Gasteiger partial charge in [-0.3, -0.25) is 27.9 Å². The molecule has 0 aliphatic carbocycles. The SMILES string of the molecule is CCOP(=O)(OC)OC(CO)CC(O)n1cc(C)c(=O)[nH]c1=O. The number of H-pyrrole nitrogens is 1. The zero-order valence-electron chi connectivity index (χ0n) is 13.1. The third-order valence-corrected chi connectivity index (χ3v) is 4.51. The van der Waals surface area contributed by atoms with Gasteiger partial charge in [0.05, 0.1) is 19.3 Å². The van der Waals surface area contributed by atoms with Crippen molar-refractivity contribution < 1.29 is 28.3 Å². The van der Waals surface area contributed by atoms with Gasteiger partial charge in [-0.15, -0.1) is 0 Å². The number of aryl methyl sites for hydroxylation is 1. The van der Waals surface area contributed by atoms with Crippen molar-refractivity contribution in [3.63, 3.8) is 0 Å². The maximum Gasteiger partial charge on any atom is 0.474 e. The summed E-state index contributed by atoms with van der Waals surface area (Å²) < 4.78 is 27.5. The van der Waals surface area contributed by atoms with E-state index in [1.54, 1.807) is 6.92 Å². The zero-order valence-corrected chi connectivity index (χ0v) is 14.0. The fourth-order valence-electron chi connectivity index (χ4n) is 1.77. The molecule has 1 heterocycles. The van der Waals surface area contributed by atoms with E-state index in [0.29, 0.717) is 0 Å². The molecule has 0 aliphatic heterocycles. The number of nitrogens with zero attached hydrogens (tertiary/aromatic N) is 1. The third kappa shape index (κ3) is 5.38. The lowest BCUT2D eigenvalue weighted by Crippen LogP contribution is -2.35. The number of nitrogens with one attached hydrogen (secondary N) is 1. The highest BCUT2D eigenvalue weighted by Crippen LogP contribution is 2.50. The number of aromatic nitrogens is 2. The van der Waals surface area contributed by atoms with Crippen LogP contribution < -0.4 is 11.2 Å². The minimum absolute atomic E-state index is 0.0599. The van der Waals surface area contributed by atoms with Gasteiger partial charge in [-0.2, -0.15) is 0 Å². The van der Waals surface area contributed by atoms with Crippen molar-refractivity contribution in [2.75, 3.05) is 20.3 Å². The molecule has 1 aromatic heterocycles. The molecule has 1 aromatic rings. The zero-order chi connectivity index (χ0) is 17.6. The van der Waals surface area contributed by atoms with Gasteiger partial charge in [-0.05, 0) is 13.8 Å². The summed E-state index contributed by atoms with van der Waals surface area (Å²) in [7, 11) is -2.74. The van der Waals surface area contributed by atoms with Gasteiger partial charge in [0.2, 0.25) is 0 Å². The fraction of sp³-hybridized carbons (Fsp3) is 0.667. The highest BCUT2D eigenvalue weighted by Gasteiger charge is 2.30. The van der Waals surface area contributed by atoms with E-state index in [1.165, 1.54) is 13.1 Å². The Morgan fingerprint density at radius 1 is 1.43 bits per heavy atom. The van der Waals surface area contributed by atoms with Crippen LogP contribution in [0.5, 0.6) is 0 Å². The monoisotopic (exact) mass is 352 g/mol. The fourth-order valence-corrected chi connectivity index (χ4v) is 2.86. The van der Waals surface area contributed by atoms with E-state index in [-0.39, 0.29) is 18.6 Å². The van der Waals surface area contributed by atoms with Crippen molar-refractivity contribution >= 4 is 7.82 Å². The highest BCUT2D eigenvalue weighted by molar-refractivity contribution is 7.48. The van der Waals surface area contributed by atoms with Crippen molar-refractivity contribution in [3.05, 3.63) is 32.6 Å². The van der Waals surface area contributed by atoms with Crippen LogP contribution in [-0.4, -0.2) is 46.2 Å². The highest BCUT2D eigenvalue weighted by atomic mass is 31.2. The number of rotatable bonds is 9. The molecule has 23 heavy (non-hydrogen) atoms. The quantitative estimate of drug-likeness (QED) is 0.523. The largest absolute Gasteiger partial charge is 0.474 e. The molecule has 3 atom stereocenters. The maximum atomic E-state index is 12.1. The number of aliphatic hydroxyl groups is 2. The average Bonchev–Trinajstić information content (AvgIpc) is 2.50. The molecule has 0 spiro atoms. The molecule has 0 saturated carbocycles. The Bertz CT molecular complexity index is 670. The second-order valence-electron chi connectivity index (χ2n) is 4.65. The maximum absolute atomic E-state index is 12.1. The lowest BCUT2D eigenvalue weighted by molar-refractivity contribution is 0.000628. The van der Waals surface area contributed by atoms with E-state index in [9.17, 15) is 24.4 Å². The minimum Gasteiger partial charge on any atom is -0.394 e. The molecule has 0 amide bonds. The third-order valence-electron chi connectivity index (χ3n) is 2.93. The second kappa shape index (κ2) is 8.53. The van der Waals surface area contributed by atoms with Crippen LogP contribution in [-0.2, 0) is 18.1 Å². The van der Waals surface area contributed by atoms with Crippen LogP contribution in [0.15, 0.2) is 15.8 Å². The predicted molar refractivity (Wildman–Crippen MR) is 80.1 cm³/mol. The second-order valence-corrected chi connectivity index (χ2v) is 6.38. The molecule has 132 valence electrons. The first-order valence-electron chi connectivity index (χ1n) is 6.86. The van der Waals surface area contributed by atoms with E-state index < -0.39 is 38.0 Å². The van der Waals surface area contributed by atoms with Crippen molar-refractivity contribution in [1.29, 1.82) is 0 Å². The van der Waals surface area contributed by atoms with Gasteiger partial charge < -0.3 is 10.2 Å². The molecule has 0 saturated heterocycles. The Hall–Kier alpha value is -1.29. The number of aliphatic hydroxyl groups excluding tert-OH is 2. The number of hydrogen-bond donors (Lipinski definition) is 3. The molecule has 3 unspecified atom stereocenters. The van der Waals surface area contributed by atoms with E-state index in [4.69, 9.17) is 9.05 Å². The Balaban J connectivity index is 2.91. The molecule has 10 nitrogen and oxygen atoms in total. The molecular weight excluding hydrogens is 331 g/mol. The van der Waals surface area contributed by atoms with Crippen LogP contribution in [0, 0.1) is 6.92 Å². The van der Waals surface area contributed by atoms with Gasteiger partial charge in [-0.25, -0.2) is 9.36 Å². The van der Waals surface area contributed by atoms with Crippen LogP contribution in [0.1, 0.15) is 25.1 Å². The molecule has 0 aromatic carbocycles. The van der Waals surface area contributed by atoms with Gasteiger partial charge in [0.1, 0.15) is 6.23 Å². The van der Waals surface area contributed by atoms with E-state index in [0.717, 1.165) is 11.7 Å². The normalized spacial score (nSPS) is 16.7. The summed E-state index contributed by atoms with van der Waals surface area (Å²) in [4.78, 5) is 25.0. The minimum atomic E-state index is -3.87. The molecule has 11 heteroatoms. The van der Waals surface area contributed by atoms with Crippen molar-refractivity contribution in [2.24, 2.45) is 0 Å². The van der Waals surface area contributed by atoms with Crippen LogP contribution in [0.4, 0.5) is 0 Å². The predicted octanol–water partition coefficient (Wildman–Crippen LogP) is -0.105. The van der Waals surface area contributed by atoms with Crippen molar-refractivity contribution in [2.45, 2.75) is 32.6 Å². The lowest BCUT2D eigenvalue weighted by atomic mass is 10.2. The molecule has 0 aliphatic rings. The van der Waals surface area contributed by atoms with E-state index in [2.05, 4.69) is 4.52 Å². The van der Waals surface area contributed by atoms with Crippen molar-refractivity contribution in [1.82, 2.24) is 9.55 Å². The summed E-state index contributed by atoms with van der Waals surface area (Å²) in [5.74, 6) is 0. The number of hydrogen-bond acceptors (Lipinski definition) is 8. The van der Waals surface area contributed by atoms with Crippen LogP contribution >= 0.6 is 7.82 Å². The summed E-state index contributed by atoms with van der Waals surface area (Å²) in [5, 5.41) is 19.4. The molecule has 3 N–H and O–H groups in total. The van der Waals surface area contributed by atoms with Crippen molar-refractivity contribution in [3.8, 4) is 0 Å².